The summed E-state index contributed by atoms with van der Waals surface area (Å²) in [5.41, 5.74) is 1.63. The van der Waals surface area contributed by atoms with E-state index in [-0.39, 0.29) is 5.91 Å². The van der Waals surface area contributed by atoms with Crippen LogP contribution in [0, 0.1) is 5.41 Å². The number of aromatic nitrogens is 1. The minimum atomic E-state index is 0.188. The minimum absolute atomic E-state index is 0.188. The second-order valence-corrected chi connectivity index (χ2v) is 5.38. The van der Waals surface area contributed by atoms with Gasteiger partial charge in [-0.05, 0) is 44.4 Å². The lowest BCUT2D eigenvalue weighted by atomic mass is 10.1. The molecular weight excluding hydrogens is 226 g/mol. The highest BCUT2D eigenvalue weighted by Crippen LogP contribution is 2.44. The highest BCUT2D eigenvalue weighted by atomic mass is 16.1. The molecule has 0 radical (unpaired) electrons. The van der Waals surface area contributed by atoms with Gasteiger partial charge >= 0.3 is 0 Å². The molecule has 1 aliphatic rings. The highest BCUT2D eigenvalue weighted by molar-refractivity contribution is 5.75. The smallest absolute Gasteiger partial charge is 0.220 e. The summed E-state index contributed by atoms with van der Waals surface area (Å²) in [7, 11) is 1.97. The van der Waals surface area contributed by atoms with Crippen LogP contribution in [0.2, 0.25) is 0 Å². The summed E-state index contributed by atoms with van der Waals surface area (Å²) in [6.45, 7) is 1.84. The molecule has 1 heterocycles. The van der Waals surface area contributed by atoms with Crippen LogP contribution in [0.3, 0.4) is 0 Å². The van der Waals surface area contributed by atoms with Crippen molar-refractivity contribution in [3.63, 3.8) is 0 Å². The summed E-state index contributed by atoms with van der Waals surface area (Å²) in [6.07, 6.45) is 8.89. The molecule has 100 valence electrons. The van der Waals surface area contributed by atoms with Crippen LogP contribution in [-0.4, -0.2) is 31.0 Å². The second-order valence-electron chi connectivity index (χ2n) is 5.38. The van der Waals surface area contributed by atoms with Crippen LogP contribution >= 0.6 is 0 Å². The molecule has 4 nitrogen and oxygen atoms in total. The number of carbonyl (C=O) groups is 1. The van der Waals surface area contributed by atoms with Crippen molar-refractivity contribution in [2.75, 3.05) is 20.1 Å². The van der Waals surface area contributed by atoms with Gasteiger partial charge in [-0.25, -0.2) is 0 Å². The number of nitrogens with one attached hydrogen (secondary N) is 3. The van der Waals surface area contributed by atoms with Crippen molar-refractivity contribution in [2.45, 2.75) is 32.1 Å². The Morgan fingerprint density at radius 3 is 2.89 bits per heavy atom. The van der Waals surface area contributed by atoms with Crippen LogP contribution in [-0.2, 0) is 11.2 Å². The first-order valence-corrected chi connectivity index (χ1v) is 6.77. The third-order valence-corrected chi connectivity index (χ3v) is 3.70. The van der Waals surface area contributed by atoms with Gasteiger partial charge in [0.25, 0.3) is 0 Å². The molecule has 1 aromatic heterocycles. The molecule has 1 saturated carbocycles. The maximum absolute atomic E-state index is 11.7. The zero-order valence-electron chi connectivity index (χ0n) is 11.1. The van der Waals surface area contributed by atoms with E-state index in [4.69, 9.17) is 0 Å². The lowest BCUT2D eigenvalue weighted by molar-refractivity contribution is -0.121. The van der Waals surface area contributed by atoms with Crippen LogP contribution in [0.1, 0.15) is 31.2 Å². The first kappa shape index (κ1) is 13.1. The first-order valence-electron chi connectivity index (χ1n) is 6.77. The molecule has 0 unspecified atom stereocenters. The maximum atomic E-state index is 11.7. The van der Waals surface area contributed by atoms with Gasteiger partial charge in [0.2, 0.25) is 5.91 Å². The molecule has 1 fully saturated rings. The van der Waals surface area contributed by atoms with E-state index in [0.29, 0.717) is 11.8 Å². The summed E-state index contributed by atoms with van der Waals surface area (Å²) in [6, 6.07) is 2.06. The Hall–Kier alpha value is -1.29. The Labute approximate surface area is 109 Å². The van der Waals surface area contributed by atoms with Gasteiger partial charge in [0.05, 0.1) is 0 Å². The topological polar surface area (TPSA) is 56.9 Å². The van der Waals surface area contributed by atoms with Crippen LogP contribution in [0.5, 0.6) is 0 Å². The summed E-state index contributed by atoms with van der Waals surface area (Å²) in [5, 5.41) is 6.26. The molecular formula is C14H23N3O. The molecule has 0 aromatic carbocycles. The quantitative estimate of drug-likeness (QED) is 0.653. The molecule has 18 heavy (non-hydrogen) atoms. The highest BCUT2D eigenvalue weighted by Gasteiger charge is 2.41. The molecule has 3 N–H and O–H groups in total. The van der Waals surface area contributed by atoms with Gasteiger partial charge in [0.1, 0.15) is 0 Å². The fourth-order valence-corrected chi connectivity index (χ4v) is 2.31. The van der Waals surface area contributed by atoms with Gasteiger partial charge in [0.15, 0.2) is 0 Å². The van der Waals surface area contributed by atoms with Gasteiger partial charge in [-0.2, -0.15) is 0 Å². The maximum Gasteiger partial charge on any atom is 0.220 e. The van der Waals surface area contributed by atoms with E-state index >= 15 is 0 Å². The molecule has 0 saturated heterocycles. The van der Waals surface area contributed by atoms with E-state index in [0.717, 1.165) is 25.9 Å². The van der Waals surface area contributed by atoms with E-state index < -0.39 is 0 Å². The summed E-state index contributed by atoms with van der Waals surface area (Å²) >= 11 is 0. The van der Waals surface area contributed by atoms with E-state index in [2.05, 4.69) is 21.7 Å². The molecule has 0 bridgehead atoms. The van der Waals surface area contributed by atoms with Crippen LogP contribution in [0.25, 0.3) is 0 Å². The number of carbonyl (C=O) groups excluding carboxylic acids is 1. The van der Waals surface area contributed by atoms with E-state index in [1.165, 1.54) is 18.4 Å². The number of aryl methyl sites for hydroxylation is 1. The number of amides is 1. The van der Waals surface area contributed by atoms with Crippen molar-refractivity contribution < 1.29 is 4.79 Å². The monoisotopic (exact) mass is 249 g/mol. The third-order valence-electron chi connectivity index (χ3n) is 3.70. The van der Waals surface area contributed by atoms with Crippen molar-refractivity contribution in [2.24, 2.45) is 5.41 Å². The van der Waals surface area contributed by atoms with E-state index in [9.17, 15) is 4.79 Å². The molecule has 2 rings (SSSR count). The zero-order valence-corrected chi connectivity index (χ0v) is 11.1. The van der Waals surface area contributed by atoms with Crippen molar-refractivity contribution in [3.8, 4) is 0 Å². The number of rotatable bonds is 8. The lowest BCUT2D eigenvalue weighted by Crippen LogP contribution is -2.34. The normalized spacial score (nSPS) is 16.5. The van der Waals surface area contributed by atoms with Crippen molar-refractivity contribution in [1.29, 1.82) is 0 Å². The zero-order chi connectivity index (χ0) is 12.8. The Bertz CT molecular complexity index is 368. The van der Waals surface area contributed by atoms with Gasteiger partial charge in [0, 0.05) is 37.3 Å². The lowest BCUT2D eigenvalue weighted by Gasteiger charge is -2.15. The van der Waals surface area contributed by atoms with Crippen molar-refractivity contribution >= 4 is 5.91 Å². The molecule has 1 amide bonds. The number of aromatic amines is 1. The van der Waals surface area contributed by atoms with Crippen LogP contribution in [0.15, 0.2) is 18.5 Å². The Kier molecular flexibility index (Phi) is 4.42. The number of hydrogen-bond acceptors (Lipinski definition) is 2. The Morgan fingerprint density at radius 2 is 2.28 bits per heavy atom. The first-order chi connectivity index (χ1) is 8.74. The van der Waals surface area contributed by atoms with Gasteiger partial charge in [-0.3, -0.25) is 4.79 Å². The Balaban J connectivity index is 1.58. The molecule has 0 spiro atoms. The molecule has 4 heteroatoms. The van der Waals surface area contributed by atoms with Crippen LogP contribution in [0.4, 0.5) is 0 Å². The molecule has 1 aliphatic carbocycles. The molecule has 0 aliphatic heterocycles. The summed E-state index contributed by atoms with van der Waals surface area (Å²) < 4.78 is 0. The standard InChI is InChI=1S/C14H23N3O/c1-15-10-14(6-7-14)11-17-13(18)4-2-3-12-5-8-16-9-12/h5,8-9,15-16H,2-4,6-7,10-11H2,1H3,(H,17,18). The van der Waals surface area contributed by atoms with Gasteiger partial charge in [-0.1, -0.05) is 0 Å². The molecule has 0 atom stereocenters. The SMILES string of the molecule is CNCC1(CNC(=O)CCCc2cc[nH]c2)CC1. The van der Waals surface area contributed by atoms with E-state index in [1.807, 2.05) is 19.4 Å². The van der Waals surface area contributed by atoms with Crippen LogP contribution < -0.4 is 10.6 Å². The van der Waals surface area contributed by atoms with E-state index in [1.54, 1.807) is 0 Å². The summed E-state index contributed by atoms with van der Waals surface area (Å²) in [4.78, 5) is 14.7. The number of H-pyrrole nitrogens is 1. The predicted molar refractivity (Wildman–Crippen MR) is 72.3 cm³/mol. The molecule has 1 aromatic rings. The third kappa shape index (κ3) is 3.88. The summed E-state index contributed by atoms with van der Waals surface area (Å²) in [5.74, 6) is 0.188. The minimum Gasteiger partial charge on any atom is -0.367 e. The Morgan fingerprint density at radius 1 is 1.44 bits per heavy atom. The van der Waals surface area contributed by atoms with Gasteiger partial charge < -0.3 is 15.6 Å². The second kappa shape index (κ2) is 6.05. The average Bonchev–Trinajstić information content (AvgIpc) is 2.92. The van der Waals surface area contributed by atoms with Crippen molar-refractivity contribution in [1.82, 2.24) is 15.6 Å². The average molecular weight is 249 g/mol. The predicted octanol–water partition coefficient (Wildman–Crippen LogP) is 1.45. The van der Waals surface area contributed by atoms with Crippen molar-refractivity contribution in [3.05, 3.63) is 24.0 Å². The fourth-order valence-electron chi connectivity index (χ4n) is 2.31. The number of hydrogen-bond donors (Lipinski definition) is 3. The largest absolute Gasteiger partial charge is 0.367 e. The fraction of sp³-hybridized carbons (Fsp3) is 0.643. The van der Waals surface area contributed by atoms with Gasteiger partial charge in [-0.15, -0.1) is 0 Å².